The summed E-state index contributed by atoms with van der Waals surface area (Å²) in [7, 11) is 0. The van der Waals surface area contributed by atoms with E-state index in [9.17, 15) is 14.4 Å². The lowest BCUT2D eigenvalue weighted by Gasteiger charge is -2.33. The van der Waals surface area contributed by atoms with Gasteiger partial charge >= 0.3 is 0 Å². The van der Waals surface area contributed by atoms with E-state index in [-0.39, 0.29) is 29.7 Å². The Balaban J connectivity index is 1.68. The minimum Gasteiger partial charge on any atom is -0.320 e. The highest BCUT2D eigenvalue weighted by atomic mass is 16.2. The Morgan fingerprint density at radius 2 is 2.04 bits per heavy atom. The molecule has 3 amide bonds. The highest BCUT2D eigenvalue weighted by Crippen LogP contribution is 2.51. The van der Waals surface area contributed by atoms with Crippen molar-refractivity contribution >= 4 is 23.4 Å². The van der Waals surface area contributed by atoms with Crippen LogP contribution in [-0.2, 0) is 19.9 Å². The number of para-hydroxylation sites is 1. The quantitative estimate of drug-likeness (QED) is 0.767. The van der Waals surface area contributed by atoms with Crippen LogP contribution in [0.3, 0.4) is 0 Å². The molecule has 5 rings (SSSR count). The van der Waals surface area contributed by atoms with E-state index >= 15 is 0 Å². The predicted molar refractivity (Wildman–Crippen MR) is 94.2 cm³/mol. The van der Waals surface area contributed by atoms with Crippen LogP contribution in [0.4, 0.5) is 5.69 Å². The van der Waals surface area contributed by atoms with E-state index < -0.39 is 11.5 Å². The fourth-order valence-electron chi connectivity index (χ4n) is 6.01. The van der Waals surface area contributed by atoms with Gasteiger partial charge in [-0.15, -0.1) is 0 Å². The van der Waals surface area contributed by atoms with Gasteiger partial charge in [0.15, 0.2) is 0 Å². The number of carbonyl (C=O) groups excluding carboxylic acids is 3. The summed E-state index contributed by atoms with van der Waals surface area (Å²) in [4.78, 5) is 42.4. The summed E-state index contributed by atoms with van der Waals surface area (Å²) in [6.45, 7) is 3.37. The molecular formula is C20H24N3O3+. The average Bonchev–Trinajstić information content (AvgIpc) is 3.33. The molecule has 1 aromatic carbocycles. The molecule has 3 fully saturated rings. The molecule has 4 heterocycles. The van der Waals surface area contributed by atoms with Crippen molar-refractivity contribution in [3.05, 3.63) is 29.8 Å². The molecule has 0 aromatic heterocycles. The Labute approximate surface area is 152 Å². The van der Waals surface area contributed by atoms with Crippen molar-refractivity contribution in [2.75, 3.05) is 18.4 Å². The second-order valence-corrected chi connectivity index (χ2v) is 8.02. The number of imide groups is 1. The zero-order valence-electron chi connectivity index (χ0n) is 15.0. The minimum absolute atomic E-state index is 0.0492. The Morgan fingerprint density at radius 1 is 1.23 bits per heavy atom. The molecule has 26 heavy (non-hydrogen) atoms. The van der Waals surface area contributed by atoms with Crippen LogP contribution in [0.1, 0.15) is 38.2 Å². The molecule has 4 aliphatic rings. The van der Waals surface area contributed by atoms with Gasteiger partial charge in [-0.1, -0.05) is 31.5 Å². The van der Waals surface area contributed by atoms with E-state index in [0.717, 1.165) is 48.4 Å². The van der Waals surface area contributed by atoms with Crippen LogP contribution in [0.15, 0.2) is 24.3 Å². The minimum atomic E-state index is -0.934. The largest absolute Gasteiger partial charge is 0.320 e. The molecule has 6 heteroatoms. The van der Waals surface area contributed by atoms with Gasteiger partial charge in [0.2, 0.25) is 17.4 Å². The first kappa shape index (κ1) is 16.0. The van der Waals surface area contributed by atoms with Gasteiger partial charge < -0.3 is 10.2 Å². The summed E-state index contributed by atoms with van der Waals surface area (Å²) < 4.78 is 0. The molecule has 2 N–H and O–H groups in total. The lowest BCUT2D eigenvalue weighted by Crippen LogP contribution is -3.19. The third kappa shape index (κ3) is 1.68. The molecule has 1 unspecified atom stereocenters. The number of likely N-dealkylation sites (tertiary alicyclic amines) is 1. The molecule has 0 aliphatic carbocycles. The van der Waals surface area contributed by atoms with Crippen LogP contribution >= 0.6 is 0 Å². The van der Waals surface area contributed by atoms with Crippen LogP contribution in [0.2, 0.25) is 0 Å². The lowest BCUT2D eigenvalue weighted by atomic mass is 9.75. The Morgan fingerprint density at radius 3 is 2.85 bits per heavy atom. The molecule has 6 nitrogen and oxygen atoms in total. The zero-order chi connectivity index (χ0) is 18.1. The molecule has 0 bridgehead atoms. The highest BCUT2D eigenvalue weighted by Gasteiger charge is 2.78. The maximum absolute atomic E-state index is 13.4. The van der Waals surface area contributed by atoms with Gasteiger partial charge in [-0.2, -0.15) is 0 Å². The molecule has 5 atom stereocenters. The summed E-state index contributed by atoms with van der Waals surface area (Å²) in [5.41, 5.74) is 0.761. The van der Waals surface area contributed by atoms with Crippen molar-refractivity contribution in [2.45, 2.75) is 44.2 Å². The van der Waals surface area contributed by atoms with Gasteiger partial charge in [-0.3, -0.25) is 19.3 Å². The van der Waals surface area contributed by atoms with Crippen LogP contribution in [-0.4, -0.2) is 41.8 Å². The molecule has 0 saturated carbocycles. The molecule has 4 aliphatic heterocycles. The van der Waals surface area contributed by atoms with Crippen LogP contribution in [0.25, 0.3) is 0 Å². The van der Waals surface area contributed by atoms with E-state index in [4.69, 9.17) is 0 Å². The molecule has 1 spiro atoms. The van der Waals surface area contributed by atoms with E-state index in [1.165, 1.54) is 4.90 Å². The lowest BCUT2D eigenvalue weighted by molar-refractivity contribution is -0.948. The monoisotopic (exact) mass is 354 g/mol. The Hall–Kier alpha value is -2.21. The van der Waals surface area contributed by atoms with Crippen molar-refractivity contribution in [3.8, 4) is 0 Å². The van der Waals surface area contributed by atoms with Gasteiger partial charge in [0.25, 0.3) is 5.91 Å². The first-order valence-corrected chi connectivity index (χ1v) is 9.74. The van der Waals surface area contributed by atoms with Gasteiger partial charge in [0.1, 0.15) is 17.9 Å². The van der Waals surface area contributed by atoms with Crippen molar-refractivity contribution in [1.82, 2.24) is 4.90 Å². The third-order valence-electron chi connectivity index (χ3n) is 6.95. The highest BCUT2D eigenvalue weighted by molar-refractivity contribution is 6.14. The second kappa shape index (κ2) is 5.39. The van der Waals surface area contributed by atoms with Crippen LogP contribution in [0.5, 0.6) is 0 Å². The summed E-state index contributed by atoms with van der Waals surface area (Å²) in [5, 5.41) is 3.01. The summed E-state index contributed by atoms with van der Waals surface area (Å²) in [6.07, 6.45) is 3.65. The molecule has 1 aromatic rings. The standard InChI is InChI=1S/C20H23N3O3/c1-2-3-10-22-17(24)15-14-9-6-11-23(14)20(16(15)18(22)25)12-7-4-5-8-13(12)21-19(20)26/h4-5,7-8,14-16H,2-3,6,9-11H2,1H3,(H,21,26)/p+1/t14-,15+,16-,20+/m0/s1. The van der Waals surface area contributed by atoms with Crippen molar-refractivity contribution in [2.24, 2.45) is 11.8 Å². The summed E-state index contributed by atoms with van der Waals surface area (Å²) in [6, 6.07) is 7.76. The van der Waals surface area contributed by atoms with E-state index in [1.807, 2.05) is 24.3 Å². The van der Waals surface area contributed by atoms with Gasteiger partial charge in [-0.25, -0.2) is 0 Å². The zero-order valence-corrected chi connectivity index (χ0v) is 15.0. The molecule has 136 valence electrons. The number of benzene rings is 1. The fraction of sp³-hybridized carbons (Fsp3) is 0.550. The number of carbonyl (C=O) groups is 3. The summed E-state index contributed by atoms with van der Waals surface area (Å²) >= 11 is 0. The normalized spacial score (nSPS) is 37.3. The van der Waals surface area contributed by atoms with E-state index in [2.05, 4.69) is 12.2 Å². The van der Waals surface area contributed by atoms with Crippen LogP contribution in [0, 0.1) is 11.8 Å². The number of nitrogens with one attached hydrogen (secondary N) is 2. The predicted octanol–water partition coefficient (Wildman–Crippen LogP) is 0.296. The number of quaternary nitrogens is 1. The number of anilines is 1. The molecular weight excluding hydrogens is 330 g/mol. The average molecular weight is 354 g/mol. The number of fused-ring (bicyclic) bond motifs is 7. The first-order chi connectivity index (χ1) is 12.6. The molecule has 3 saturated heterocycles. The van der Waals surface area contributed by atoms with Gasteiger partial charge in [0.05, 0.1) is 12.2 Å². The number of hydrogen-bond acceptors (Lipinski definition) is 3. The molecule has 0 radical (unpaired) electrons. The van der Waals surface area contributed by atoms with Crippen molar-refractivity contribution in [1.29, 1.82) is 0 Å². The second-order valence-electron chi connectivity index (χ2n) is 8.02. The maximum Gasteiger partial charge on any atom is 0.291 e. The number of nitrogens with zero attached hydrogens (tertiary/aromatic N) is 1. The van der Waals surface area contributed by atoms with Crippen molar-refractivity contribution in [3.63, 3.8) is 0 Å². The van der Waals surface area contributed by atoms with Gasteiger partial charge in [0, 0.05) is 24.9 Å². The smallest absolute Gasteiger partial charge is 0.291 e. The van der Waals surface area contributed by atoms with Gasteiger partial charge in [-0.05, 0) is 12.5 Å². The Kier molecular flexibility index (Phi) is 3.32. The van der Waals surface area contributed by atoms with E-state index in [1.54, 1.807) is 0 Å². The number of unbranched alkanes of at least 4 members (excludes halogenated alkanes) is 1. The number of hydrogen-bond donors (Lipinski definition) is 2. The fourth-order valence-corrected chi connectivity index (χ4v) is 6.01. The summed E-state index contributed by atoms with van der Waals surface area (Å²) in [5.74, 6) is -1.20. The van der Waals surface area contributed by atoms with Crippen molar-refractivity contribution < 1.29 is 19.3 Å². The Bertz CT molecular complexity index is 822. The third-order valence-corrected chi connectivity index (χ3v) is 6.95. The first-order valence-electron chi connectivity index (χ1n) is 9.74. The number of rotatable bonds is 3. The number of amides is 3. The topological polar surface area (TPSA) is 70.9 Å². The SMILES string of the molecule is CCCCN1C(=O)[C@H]2[C@@H](C1=O)[C@]1(C(=O)Nc3ccccc31)[NH+]1CCC[C@@H]21. The van der Waals surface area contributed by atoms with Crippen LogP contribution < -0.4 is 10.2 Å². The van der Waals surface area contributed by atoms with E-state index in [0.29, 0.717) is 6.54 Å². The maximum atomic E-state index is 13.4.